The monoisotopic (exact) mass is 194 g/mol. The van der Waals surface area contributed by atoms with Crippen LogP contribution in [0.2, 0.25) is 0 Å². The van der Waals surface area contributed by atoms with E-state index in [0.717, 1.165) is 19.3 Å². The van der Waals surface area contributed by atoms with Crippen molar-refractivity contribution in [1.29, 1.82) is 0 Å². The molecule has 1 saturated heterocycles. The van der Waals surface area contributed by atoms with Gasteiger partial charge in [0.2, 0.25) is 12.3 Å². The number of amides is 2. The Morgan fingerprint density at radius 3 is 2.86 bits per heavy atom. The number of carbonyl (C=O) groups is 2. The van der Waals surface area contributed by atoms with Crippen LogP contribution in [0.1, 0.15) is 19.3 Å². The number of likely N-dealkylation sites (N-methyl/N-ethyl adjacent to an activating group) is 1. The van der Waals surface area contributed by atoms with Crippen LogP contribution in [0.15, 0.2) is 12.3 Å². The standard InChI is InChI=1S/C10H14N2O2/c1-11-8(4-5-10(11)14)9-3-2-6-12(9)7-13/h2,6-9H,3-5H2,1H3/t8?,9-/m1/s1. The molecule has 1 fully saturated rings. The highest BCUT2D eigenvalue weighted by molar-refractivity contribution is 5.78. The number of hydrogen-bond donors (Lipinski definition) is 0. The van der Waals surface area contributed by atoms with E-state index in [4.69, 9.17) is 0 Å². The molecule has 2 aliphatic rings. The van der Waals surface area contributed by atoms with E-state index in [2.05, 4.69) is 0 Å². The molecule has 0 N–H and O–H groups in total. The maximum Gasteiger partial charge on any atom is 0.222 e. The Morgan fingerprint density at radius 2 is 2.29 bits per heavy atom. The van der Waals surface area contributed by atoms with E-state index >= 15 is 0 Å². The van der Waals surface area contributed by atoms with Crippen molar-refractivity contribution in [1.82, 2.24) is 9.80 Å². The van der Waals surface area contributed by atoms with Crippen LogP contribution >= 0.6 is 0 Å². The van der Waals surface area contributed by atoms with Crippen LogP contribution in [-0.2, 0) is 9.59 Å². The Kier molecular flexibility index (Phi) is 2.27. The normalized spacial score (nSPS) is 31.6. The first kappa shape index (κ1) is 9.24. The molecule has 4 heteroatoms. The maximum atomic E-state index is 11.3. The first-order valence-corrected chi connectivity index (χ1v) is 4.89. The van der Waals surface area contributed by atoms with Gasteiger partial charge in [0.15, 0.2) is 0 Å². The molecule has 0 aromatic heterocycles. The highest BCUT2D eigenvalue weighted by atomic mass is 16.2. The lowest BCUT2D eigenvalue weighted by atomic mass is 10.0. The largest absolute Gasteiger partial charge is 0.341 e. The Labute approximate surface area is 83.2 Å². The summed E-state index contributed by atoms with van der Waals surface area (Å²) in [4.78, 5) is 25.5. The van der Waals surface area contributed by atoms with Gasteiger partial charge >= 0.3 is 0 Å². The Morgan fingerprint density at radius 1 is 1.50 bits per heavy atom. The van der Waals surface area contributed by atoms with Crippen molar-refractivity contribution in [3.63, 3.8) is 0 Å². The van der Waals surface area contributed by atoms with E-state index < -0.39 is 0 Å². The lowest BCUT2D eigenvalue weighted by molar-refractivity contribution is -0.129. The fourth-order valence-electron chi connectivity index (χ4n) is 2.30. The van der Waals surface area contributed by atoms with Crippen molar-refractivity contribution in [2.45, 2.75) is 31.3 Å². The predicted molar refractivity (Wildman–Crippen MR) is 51.2 cm³/mol. The number of rotatable bonds is 2. The zero-order valence-electron chi connectivity index (χ0n) is 8.22. The van der Waals surface area contributed by atoms with Gasteiger partial charge in [0.05, 0.1) is 12.1 Å². The van der Waals surface area contributed by atoms with Gasteiger partial charge in [0, 0.05) is 19.7 Å². The van der Waals surface area contributed by atoms with E-state index in [9.17, 15) is 9.59 Å². The third kappa shape index (κ3) is 1.31. The van der Waals surface area contributed by atoms with Crippen LogP contribution in [0.3, 0.4) is 0 Å². The second-order valence-electron chi connectivity index (χ2n) is 3.85. The molecule has 4 nitrogen and oxygen atoms in total. The molecule has 0 aromatic carbocycles. The molecular formula is C10H14N2O2. The summed E-state index contributed by atoms with van der Waals surface area (Å²) in [5.41, 5.74) is 0. The topological polar surface area (TPSA) is 40.6 Å². The summed E-state index contributed by atoms with van der Waals surface area (Å²) in [6.45, 7) is 0. The van der Waals surface area contributed by atoms with Gasteiger partial charge in [-0.2, -0.15) is 0 Å². The molecule has 0 radical (unpaired) electrons. The fourth-order valence-corrected chi connectivity index (χ4v) is 2.30. The summed E-state index contributed by atoms with van der Waals surface area (Å²) in [5.74, 6) is 0.188. The third-order valence-corrected chi connectivity index (χ3v) is 3.15. The van der Waals surface area contributed by atoms with Gasteiger partial charge in [-0.3, -0.25) is 9.59 Å². The lowest BCUT2D eigenvalue weighted by Crippen LogP contribution is -2.44. The molecule has 2 amide bonds. The minimum absolute atomic E-state index is 0.156. The Bertz CT molecular complexity index is 288. The summed E-state index contributed by atoms with van der Waals surface area (Å²) in [6.07, 6.45) is 6.96. The van der Waals surface area contributed by atoms with Crippen LogP contribution in [0, 0.1) is 0 Å². The average molecular weight is 194 g/mol. The molecule has 0 aromatic rings. The number of carbonyl (C=O) groups excluding carboxylic acids is 2. The van der Waals surface area contributed by atoms with Gasteiger partial charge in [-0.05, 0) is 12.8 Å². The highest BCUT2D eigenvalue weighted by Crippen LogP contribution is 2.27. The Balaban J connectivity index is 2.09. The van der Waals surface area contributed by atoms with Crippen LogP contribution in [0.5, 0.6) is 0 Å². The predicted octanol–water partition coefficient (Wildman–Crippen LogP) is 0.352. The quantitative estimate of drug-likeness (QED) is 0.595. The van der Waals surface area contributed by atoms with Gasteiger partial charge in [0.25, 0.3) is 0 Å². The third-order valence-electron chi connectivity index (χ3n) is 3.15. The molecule has 76 valence electrons. The van der Waals surface area contributed by atoms with Gasteiger partial charge in [-0.25, -0.2) is 0 Å². The average Bonchev–Trinajstić information content (AvgIpc) is 2.75. The molecule has 2 atom stereocenters. The second-order valence-corrected chi connectivity index (χ2v) is 3.85. The van der Waals surface area contributed by atoms with E-state index in [1.54, 1.807) is 16.0 Å². The Hall–Kier alpha value is -1.32. The van der Waals surface area contributed by atoms with Crippen LogP contribution in [0.25, 0.3) is 0 Å². The van der Waals surface area contributed by atoms with E-state index in [1.807, 2.05) is 13.1 Å². The minimum Gasteiger partial charge on any atom is -0.341 e. The van der Waals surface area contributed by atoms with Crippen LogP contribution in [0.4, 0.5) is 0 Å². The van der Waals surface area contributed by atoms with E-state index in [0.29, 0.717) is 6.42 Å². The first-order chi connectivity index (χ1) is 6.74. The van der Waals surface area contributed by atoms with Gasteiger partial charge in [0.1, 0.15) is 0 Å². The molecule has 2 rings (SSSR count). The van der Waals surface area contributed by atoms with Crippen molar-refractivity contribution in [3.8, 4) is 0 Å². The summed E-state index contributed by atoms with van der Waals surface area (Å²) >= 11 is 0. The van der Waals surface area contributed by atoms with E-state index in [-0.39, 0.29) is 18.0 Å². The summed E-state index contributed by atoms with van der Waals surface area (Å²) in [6, 6.07) is 0.353. The molecular weight excluding hydrogens is 180 g/mol. The van der Waals surface area contributed by atoms with E-state index in [1.165, 1.54) is 0 Å². The smallest absolute Gasteiger partial charge is 0.222 e. The van der Waals surface area contributed by atoms with Crippen molar-refractivity contribution in [2.75, 3.05) is 7.05 Å². The molecule has 14 heavy (non-hydrogen) atoms. The summed E-state index contributed by atoms with van der Waals surface area (Å²) in [7, 11) is 1.82. The van der Waals surface area contributed by atoms with Gasteiger partial charge < -0.3 is 9.80 Å². The summed E-state index contributed by atoms with van der Waals surface area (Å²) < 4.78 is 0. The zero-order chi connectivity index (χ0) is 10.1. The molecule has 2 heterocycles. The molecule has 0 spiro atoms. The maximum absolute atomic E-state index is 11.3. The summed E-state index contributed by atoms with van der Waals surface area (Å²) in [5, 5.41) is 0. The first-order valence-electron chi connectivity index (χ1n) is 4.89. The van der Waals surface area contributed by atoms with Gasteiger partial charge in [-0.15, -0.1) is 0 Å². The lowest BCUT2D eigenvalue weighted by Gasteiger charge is -2.30. The number of hydrogen-bond acceptors (Lipinski definition) is 2. The van der Waals surface area contributed by atoms with Crippen molar-refractivity contribution >= 4 is 12.3 Å². The zero-order valence-corrected chi connectivity index (χ0v) is 8.22. The fraction of sp³-hybridized carbons (Fsp3) is 0.600. The SMILES string of the molecule is CN1C(=O)CCC1[C@H]1CC=CN1C=O. The van der Waals surface area contributed by atoms with Crippen molar-refractivity contribution in [3.05, 3.63) is 12.3 Å². The molecule has 1 unspecified atom stereocenters. The van der Waals surface area contributed by atoms with Gasteiger partial charge in [-0.1, -0.05) is 6.08 Å². The van der Waals surface area contributed by atoms with Crippen molar-refractivity contribution in [2.24, 2.45) is 0 Å². The highest BCUT2D eigenvalue weighted by Gasteiger charge is 2.37. The molecule has 0 aliphatic carbocycles. The molecule has 2 aliphatic heterocycles. The number of nitrogens with zero attached hydrogens (tertiary/aromatic N) is 2. The minimum atomic E-state index is 0.156. The molecule has 0 bridgehead atoms. The molecule has 0 saturated carbocycles. The second kappa shape index (κ2) is 3.44. The van der Waals surface area contributed by atoms with Crippen molar-refractivity contribution < 1.29 is 9.59 Å². The number of likely N-dealkylation sites (tertiary alicyclic amines) is 1. The van der Waals surface area contributed by atoms with Crippen LogP contribution < -0.4 is 0 Å². The van der Waals surface area contributed by atoms with Crippen LogP contribution in [-0.4, -0.2) is 41.2 Å².